The molecule has 2 nitrogen and oxygen atoms in total. The molecule has 1 aliphatic rings. The van der Waals surface area contributed by atoms with Gasteiger partial charge >= 0.3 is 0 Å². The number of alkyl halides is 1. The van der Waals surface area contributed by atoms with Crippen LogP contribution in [0.25, 0.3) is 0 Å². The molecule has 0 aliphatic carbocycles. The summed E-state index contributed by atoms with van der Waals surface area (Å²) in [5, 5.41) is 6.26. The Morgan fingerprint density at radius 2 is 2.30 bits per heavy atom. The maximum atomic E-state index is 11.6. The molecular weight excluding hydrogens is 131 g/mol. The Bertz CT molecular complexity index is 102. The van der Waals surface area contributed by atoms with E-state index in [1.807, 2.05) is 0 Å². The van der Waals surface area contributed by atoms with Crippen LogP contribution < -0.4 is 10.6 Å². The van der Waals surface area contributed by atoms with Crippen molar-refractivity contribution in [3.05, 3.63) is 0 Å². The van der Waals surface area contributed by atoms with Crippen LogP contribution in [0.3, 0.4) is 0 Å². The van der Waals surface area contributed by atoms with Gasteiger partial charge in [0.1, 0.15) is 6.67 Å². The zero-order chi connectivity index (χ0) is 7.45. The van der Waals surface area contributed by atoms with E-state index < -0.39 is 0 Å². The van der Waals surface area contributed by atoms with E-state index in [0.717, 1.165) is 19.6 Å². The van der Waals surface area contributed by atoms with Crippen molar-refractivity contribution in [2.75, 3.05) is 32.9 Å². The van der Waals surface area contributed by atoms with Gasteiger partial charge in [-0.25, -0.2) is 4.39 Å². The van der Waals surface area contributed by atoms with Crippen LogP contribution in [-0.4, -0.2) is 32.9 Å². The topological polar surface area (TPSA) is 24.1 Å². The lowest BCUT2D eigenvalue weighted by molar-refractivity contribution is 0.188. The van der Waals surface area contributed by atoms with Gasteiger partial charge in [-0.3, -0.25) is 0 Å². The molecule has 10 heavy (non-hydrogen) atoms. The lowest BCUT2D eigenvalue weighted by Crippen LogP contribution is -2.56. The quantitative estimate of drug-likeness (QED) is 0.552. The van der Waals surface area contributed by atoms with E-state index in [1.165, 1.54) is 0 Å². The summed E-state index contributed by atoms with van der Waals surface area (Å²) < 4.78 is 11.6. The van der Waals surface area contributed by atoms with Gasteiger partial charge in [-0.05, 0) is 0 Å². The van der Waals surface area contributed by atoms with Crippen molar-refractivity contribution < 1.29 is 4.39 Å². The molecule has 0 aromatic rings. The molecule has 0 unspecified atom stereocenters. The van der Waals surface area contributed by atoms with Crippen LogP contribution in [0, 0.1) is 5.41 Å². The van der Waals surface area contributed by atoms with Crippen molar-refractivity contribution in [3.8, 4) is 0 Å². The summed E-state index contributed by atoms with van der Waals surface area (Å²) in [4.78, 5) is 0. The SMILES string of the molecule is CC1(CNCCF)CNC1. The van der Waals surface area contributed by atoms with E-state index in [4.69, 9.17) is 0 Å². The Hall–Kier alpha value is -0.150. The van der Waals surface area contributed by atoms with E-state index in [0.29, 0.717) is 12.0 Å². The van der Waals surface area contributed by atoms with Crippen LogP contribution in [0.15, 0.2) is 0 Å². The highest BCUT2D eigenvalue weighted by molar-refractivity contribution is 4.89. The average molecular weight is 146 g/mol. The Morgan fingerprint density at radius 1 is 1.60 bits per heavy atom. The summed E-state index contributed by atoms with van der Waals surface area (Å²) in [6, 6.07) is 0. The van der Waals surface area contributed by atoms with Crippen molar-refractivity contribution in [2.24, 2.45) is 5.41 Å². The van der Waals surface area contributed by atoms with Gasteiger partial charge in [0, 0.05) is 31.6 Å². The second-order valence-corrected chi connectivity index (χ2v) is 3.28. The normalized spacial score (nSPS) is 22.2. The summed E-state index contributed by atoms with van der Waals surface area (Å²) in [6.45, 7) is 5.50. The Labute approximate surface area is 61.2 Å². The number of hydrogen-bond acceptors (Lipinski definition) is 2. The molecule has 1 aliphatic heterocycles. The summed E-state index contributed by atoms with van der Waals surface area (Å²) in [6.07, 6.45) is 0. The van der Waals surface area contributed by atoms with Gasteiger partial charge in [0.2, 0.25) is 0 Å². The van der Waals surface area contributed by atoms with Gasteiger partial charge in [-0.2, -0.15) is 0 Å². The van der Waals surface area contributed by atoms with Gasteiger partial charge in [0.25, 0.3) is 0 Å². The molecule has 0 atom stereocenters. The number of hydrogen-bond donors (Lipinski definition) is 2. The molecule has 60 valence electrons. The predicted molar refractivity (Wildman–Crippen MR) is 39.8 cm³/mol. The fourth-order valence-corrected chi connectivity index (χ4v) is 1.13. The fourth-order valence-electron chi connectivity index (χ4n) is 1.13. The first-order chi connectivity index (χ1) is 4.77. The molecule has 1 saturated heterocycles. The van der Waals surface area contributed by atoms with Crippen molar-refractivity contribution >= 4 is 0 Å². The van der Waals surface area contributed by atoms with Crippen LogP contribution in [0.5, 0.6) is 0 Å². The van der Waals surface area contributed by atoms with E-state index in [1.54, 1.807) is 0 Å². The van der Waals surface area contributed by atoms with Crippen LogP contribution >= 0.6 is 0 Å². The lowest BCUT2D eigenvalue weighted by Gasteiger charge is -2.39. The molecule has 0 saturated carbocycles. The molecule has 0 amide bonds. The Balaban J connectivity index is 2.01. The van der Waals surface area contributed by atoms with Crippen molar-refractivity contribution in [1.82, 2.24) is 10.6 Å². The molecule has 1 fully saturated rings. The molecule has 0 aromatic carbocycles. The van der Waals surface area contributed by atoms with Gasteiger partial charge in [-0.1, -0.05) is 6.92 Å². The monoisotopic (exact) mass is 146 g/mol. The van der Waals surface area contributed by atoms with Gasteiger partial charge in [0.15, 0.2) is 0 Å². The van der Waals surface area contributed by atoms with Crippen molar-refractivity contribution in [1.29, 1.82) is 0 Å². The molecule has 1 rings (SSSR count). The van der Waals surface area contributed by atoms with Gasteiger partial charge < -0.3 is 10.6 Å². The predicted octanol–water partition coefficient (Wildman–Crippen LogP) is 0.155. The van der Waals surface area contributed by atoms with E-state index in [-0.39, 0.29) is 6.67 Å². The molecule has 2 N–H and O–H groups in total. The smallest absolute Gasteiger partial charge is 0.102 e. The summed E-state index contributed by atoms with van der Waals surface area (Å²) in [7, 11) is 0. The van der Waals surface area contributed by atoms with Crippen LogP contribution in [0.4, 0.5) is 4.39 Å². The zero-order valence-corrected chi connectivity index (χ0v) is 6.41. The number of halogens is 1. The minimum absolute atomic E-state index is 0.260. The summed E-state index contributed by atoms with van der Waals surface area (Å²) >= 11 is 0. The summed E-state index contributed by atoms with van der Waals surface area (Å²) in [5.41, 5.74) is 0.384. The number of nitrogens with one attached hydrogen (secondary N) is 2. The highest BCUT2D eigenvalue weighted by Crippen LogP contribution is 2.19. The maximum Gasteiger partial charge on any atom is 0.102 e. The molecule has 0 radical (unpaired) electrons. The fraction of sp³-hybridized carbons (Fsp3) is 1.00. The Kier molecular flexibility index (Phi) is 2.63. The molecule has 3 heteroatoms. The standard InChI is InChI=1S/C7H15FN2/c1-7(5-10-6-7)4-9-3-2-8/h9-10H,2-6H2,1H3. The maximum absolute atomic E-state index is 11.6. The minimum Gasteiger partial charge on any atom is -0.315 e. The minimum atomic E-state index is -0.260. The third-order valence-electron chi connectivity index (χ3n) is 1.93. The largest absolute Gasteiger partial charge is 0.315 e. The van der Waals surface area contributed by atoms with Crippen LogP contribution in [0.2, 0.25) is 0 Å². The molecular formula is C7H15FN2. The second-order valence-electron chi connectivity index (χ2n) is 3.28. The van der Waals surface area contributed by atoms with Crippen LogP contribution in [-0.2, 0) is 0 Å². The first-order valence-electron chi connectivity index (χ1n) is 3.74. The number of rotatable bonds is 4. The van der Waals surface area contributed by atoms with Crippen molar-refractivity contribution in [3.63, 3.8) is 0 Å². The zero-order valence-electron chi connectivity index (χ0n) is 6.41. The first-order valence-corrected chi connectivity index (χ1v) is 3.74. The van der Waals surface area contributed by atoms with E-state index in [2.05, 4.69) is 17.6 Å². The van der Waals surface area contributed by atoms with Gasteiger partial charge in [0.05, 0.1) is 0 Å². The first kappa shape index (κ1) is 7.95. The highest BCUT2D eigenvalue weighted by Gasteiger charge is 2.30. The second kappa shape index (κ2) is 3.30. The average Bonchev–Trinajstić information content (AvgIpc) is 1.85. The third kappa shape index (κ3) is 1.92. The third-order valence-corrected chi connectivity index (χ3v) is 1.93. The molecule has 0 bridgehead atoms. The van der Waals surface area contributed by atoms with E-state index in [9.17, 15) is 4.39 Å². The highest BCUT2D eigenvalue weighted by atomic mass is 19.1. The lowest BCUT2D eigenvalue weighted by atomic mass is 9.84. The molecule has 0 spiro atoms. The van der Waals surface area contributed by atoms with Gasteiger partial charge in [-0.15, -0.1) is 0 Å². The Morgan fingerprint density at radius 3 is 2.70 bits per heavy atom. The molecule has 0 aromatic heterocycles. The van der Waals surface area contributed by atoms with Crippen molar-refractivity contribution in [2.45, 2.75) is 6.92 Å². The van der Waals surface area contributed by atoms with Crippen LogP contribution in [0.1, 0.15) is 6.92 Å². The summed E-state index contributed by atoms with van der Waals surface area (Å²) in [5.74, 6) is 0. The van der Waals surface area contributed by atoms with E-state index >= 15 is 0 Å². The molecule has 1 heterocycles.